The van der Waals surface area contributed by atoms with Crippen LogP contribution in [0.4, 0.5) is 0 Å². The van der Waals surface area contributed by atoms with E-state index in [0.717, 1.165) is 34.7 Å². The van der Waals surface area contributed by atoms with Crippen LogP contribution >= 0.6 is 23.1 Å². The number of nitrogens with zero attached hydrogens (tertiary/aromatic N) is 1. The largest absolute Gasteiger partial charge is 0.373 e. The van der Waals surface area contributed by atoms with E-state index in [1.165, 1.54) is 4.90 Å². The van der Waals surface area contributed by atoms with Gasteiger partial charge in [0.2, 0.25) is 0 Å². The highest BCUT2D eigenvalue weighted by molar-refractivity contribution is 7.98. The molecule has 140 valence electrons. The topological polar surface area (TPSA) is 56.3 Å². The molecule has 0 spiro atoms. The molecule has 0 amide bonds. The lowest BCUT2D eigenvalue weighted by molar-refractivity contribution is -0.127. The van der Waals surface area contributed by atoms with Crippen LogP contribution in [-0.4, -0.2) is 35.0 Å². The number of benzene rings is 1. The fourth-order valence-corrected chi connectivity index (χ4v) is 6.35. The van der Waals surface area contributed by atoms with Crippen molar-refractivity contribution in [1.29, 1.82) is 0 Å². The van der Waals surface area contributed by atoms with Crippen LogP contribution in [0.5, 0.6) is 0 Å². The van der Waals surface area contributed by atoms with Crippen molar-refractivity contribution in [2.45, 2.75) is 49.2 Å². The summed E-state index contributed by atoms with van der Waals surface area (Å²) in [6.45, 7) is 2.06. The Balaban J connectivity index is 1.52. The molecular formula is C21H21NO3S2. The van der Waals surface area contributed by atoms with Gasteiger partial charge in [0, 0.05) is 15.3 Å². The van der Waals surface area contributed by atoms with Crippen LogP contribution in [0.1, 0.15) is 36.3 Å². The molecule has 1 aromatic carbocycles. The van der Waals surface area contributed by atoms with Gasteiger partial charge >= 0.3 is 0 Å². The minimum Gasteiger partial charge on any atom is -0.373 e. The van der Waals surface area contributed by atoms with Crippen molar-refractivity contribution < 1.29 is 14.3 Å². The molecule has 3 aliphatic rings. The number of thioether (sulfide) groups is 1. The van der Waals surface area contributed by atoms with Crippen molar-refractivity contribution in [2.75, 3.05) is 6.26 Å². The van der Waals surface area contributed by atoms with E-state index in [2.05, 4.69) is 37.4 Å². The van der Waals surface area contributed by atoms with Gasteiger partial charge in [0.25, 0.3) is 0 Å². The molecule has 3 fully saturated rings. The Hall–Kier alpha value is -1.50. The lowest BCUT2D eigenvalue weighted by atomic mass is 9.81. The van der Waals surface area contributed by atoms with Crippen LogP contribution in [0.2, 0.25) is 0 Å². The maximum atomic E-state index is 13.1. The lowest BCUT2D eigenvalue weighted by Gasteiger charge is -2.16. The number of fused-ring (bicyclic) bond motifs is 5. The van der Waals surface area contributed by atoms with E-state index in [1.54, 1.807) is 23.1 Å². The van der Waals surface area contributed by atoms with Crippen molar-refractivity contribution >= 4 is 34.7 Å². The van der Waals surface area contributed by atoms with E-state index in [4.69, 9.17) is 9.72 Å². The number of aromatic nitrogens is 1. The first-order chi connectivity index (χ1) is 13.1. The van der Waals surface area contributed by atoms with E-state index in [9.17, 15) is 9.59 Å². The summed E-state index contributed by atoms with van der Waals surface area (Å²) >= 11 is 3.31. The Bertz CT molecular complexity index is 892. The molecule has 3 heterocycles. The predicted octanol–water partition coefficient (Wildman–Crippen LogP) is 4.12. The average Bonchev–Trinajstić information content (AvgIpc) is 3.45. The zero-order valence-electron chi connectivity index (χ0n) is 15.3. The second-order valence-corrected chi connectivity index (χ2v) is 9.45. The average molecular weight is 400 g/mol. The Morgan fingerprint density at radius 1 is 1.11 bits per heavy atom. The molecule has 2 bridgehead atoms. The fraction of sp³-hybridized carbons (Fsp3) is 0.476. The molecule has 2 saturated heterocycles. The number of rotatable bonds is 4. The number of thiazole rings is 1. The van der Waals surface area contributed by atoms with Crippen LogP contribution in [-0.2, 0) is 20.7 Å². The highest BCUT2D eigenvalue weighted by Gasteiger charge is 2.63. The molecule has 5 atom stereocenters. The summed E-state index contributed by atoms with van der Waals surface area (Å²) in [5.41, 5.74) is 1.75. The van der Waals surface area contributed by atoms with Crippen molar-refractivity contribution in [3.8, 4) is 10.6 Å². The van der Waals surface area contributed by atoms with E-state index in [0.29, 0.717) is 5.69 Å². The van der Waals surface area contributed by atoms with Gasteiger partial charge in [0.05, 0.1) is 29.7 Å². The van der Waals surface area contributed by atoms with Gasteiger partial charge in [-0.15, -0.1) is 23.1 Å². The maximum absolute atomic E-state index is 13.1. The first kappa shape index (κ1) is 17.6. The highest BCUT2D eigenvalue weighted by atomic mass is 32.2. The molecule has 6 heteroatoms. The van der Waals surface area contributed by atoms with Crippen molar-refractivity contribution in [3.63, 3.8) is 0 Å². The zero-order chi connectivity index (χ0) is 18.7. The smallest absolute Gasteiger partial charge is 0.155 e. The molecule has 2 aliphatic heterocycles. The second kappa shape index (κ2) is 6.54. The van der Waals surface area contributed by atoms with E-state index >= 15 is 0 Å². The molecule has 4 nitrogen and oxygen atoms in total. The molecule has 1 saturated carbocycles. The number of carbonyl (C=O) groups is 2. The van der Waals surface area contributed by atoms with E-state index in [-0.39, 0.29) is 35.6 Å². The quantitative estimate of drug-likeness (QED) is 0.572. The van der Waals surface area contributed by atoms with Gasteiger partial charge in [0.1, 0.15) is 10.9 Å². The summed E-state index contributed by atoms with van der Waals surface area (Å²) in [7, 11) is 0. The van der Waals surface area contributed by atoms with Gasteiger partial charge < -0.3 is 4.74 Å². The Labute approximate surface area is 166 Å². The summed E-state index contributed by atoms with van der Waals surface area (Å²) in [6.07, 6.45) is 4.54. The molecule has 0 radical (unpaired) electrons. The van der Waals surface area contributed by atoms with Gasteiger partial charge in [0.15, 0.2) is 11.6 Å². The number of hydrogen-bond donors (Lipinski definition) is 0. The van der Waals surface area contributed by atoms with E-state index in [1.807, 2.05) is 0 Å². The van der Waals surface area contributed by atoms with Crippen LogP contribution in [0.3, 0.4) is 0 Å². The van der Waals surface area contributed by atoms with Crippen molar-refractivity contribution in [2.24, 2.45) is 11.8 Å². The van der Waals surface area contributed by atoms with Crippen LogP contribution < -0.4 is 0 Å². The monoisotopic (exact) mass is 399 g/mol. The second-order valence-electron chi connectivity index (χ2n) is 7.49. The number of Topliss-reactive ketones (excluding diaryl/α,β-unsaturated/α-hetero) is 2. The van der Waals surface area contributed by atoms with Gasteiger partial charge in [-0.05, 0) is 37.7 Å². The molecule has 27 heavy (non-hydrogen) atoms. The van der Waals surface area contributed by atoms with Crippen LogP contribution in [0.25, 0.3) is 10.6 Å². The lowest BCUT2D eigenvalue weighted by Crippen LogP contribution is -2.29. The summed E-state index contributed by atoms with van der Waals surface area (Å²) in [4.78, 5) is 33.4. The standard InChI is InChI=1S/C21H21NO3S2/c1-3-14-18(22-21(27-14)10-4-6-11(26-2)7-5-10)17-19(23)15-12-8-9-13(25-12)16(15)20(17)24/h4-7,12-13,15-17H,3,8-9H2,1-2H3/t12?,13?,15-,16+,17?. The molecule has 1 aromatic heterocycles. The number of carbonyl (C=O) groups excluding carboxylic acids is 2. The highest BCUT2D eigenvalue weighted by Crippen LogP contribution is 2.53. The Morgan fingerprint density at radius 2 is 1.74 bits per heavy atom. The van der Waals surface area contributed by atoms with Gasteiger partial charge in [-0.2, -0.15) is 0 Å². The normalized spacial score (nSPS) is 31.7. The zero-order valence-corrected chi connectivity index (χ0v) is 16.9. The third-order valence-corrected chi connectivity index (χ3v) is 8.17. The number of aryl methyl sites for hydroxylation is 1. The Kier molecular flexibility index (Phi) is 4.26. The van der Waals surface area contributed by atoms with Gasteiger partial charge in [-0.1, -0.05) is 19.1 Å². The third kappa shape index (κ3) is 2.57. The minimum atomic E-state index is -0.683. The Morgan fingerprint density at radius 3 is 2.30 bits per heavy atom. The fourth-order valence-electron chi connectivity index (χ4n) is 4.89. The number of ether oxygens (including phenoxy) is 1. The maximum Gasteiger partial charge on any atom is 0.155 e. The van der Waals surface area contributed by atoms with Gasteiger partial charge in [-0.25, -0.2) is 4.98 Å². The van der Waals surface area contributed by atoms with Crippen LogP contribution in [0.15, 0.2) is 29.2 Å². The molecule has 1 aliphatic carbocycles. The summed E-state index contributed by atoms with van der Waals surface area (Å²) in [6, 6.07) is 8.29. The van der Waals surface area contributed by atoms with E-state index < -0.39 is 5.92 Å². The third-order valence-electron chi connectivity index (χ3n) is 6.16. The summed E-state index contributed by atoms with van der Waals surface area (Å²) in [5.74, 6) is -1.07. The molecule has 2 aromatic rings. The minimum absolute atomic E-state index is 0.0430. The first-order valence-corrected chi connectivity index (χ1v) is 11.5. The van der Waals surface area contributed by atoms with Crippen LogP contribution in [0, 0.1) is 11.8 Å². The SMILES string of the molecule is CCc1sc(-c2ccc(SC)cc2)nc1C1C(=O)[C@@H]2C3CCC(O3)[C@@H]2C1=O. The number of ketones is 2. The number of hydrogen-bond acceptors (Lipinski definition) is 6. The first-order valence-electron chi connectivity index (χ1n) is 9.49. The summed E-state index contributed by atoms with van der Waals surface area (Å²) < 4.78 is 5.86. The molecule has 5 rings (SSSR count). The van der Waals surface area contributed by atoms with Crippen molar-refractivity contribution in [3.05, 3.63) is 34.8 Å². The molecule has 3 unspecified atom stereocenters. The van der Waals surface area contributed by atoms with Gasteiger partial charge in [-0.3, -0.25) is 9.59 Å². The molecular weight excluding hydrogens is 378 g/mol. The predicted molar refractivity (Wildman–Crippen MR) is 106 cm³/mol. The summed E-state index contributed by atoms with van der Waals surface area (Å²) in [5, 5.41) is 0.895. The molecule has 0 N–H and O–H groups in total. The van der Waals surface area contributed by atoms with Crippen molar-refractivity contribution in [1.82, 2.24) is 4.98 Å².